The Labute approximate surface area is 166 Å². The predicted molar refractivity (Wildman–Crippen MR) is 116 cm³/mol. The highest BCUT2D eigenvalue weighted by atomic mass is 35.5. The van der Waals surface area contributed by atoms with Gasteiger partial charge in [-0.05, 0) is 52.9 Å². The number of hydrogen-bond acceptors (Lipinski definition) is 3. The molecule has 0 aliphatic heterocycles. The van der Waals surface area contributed by atoms with Gasteiger partial charge in [0.1, 0.15) is 0 Å². The first-order valence-corrected chi connectivity index (χ1v) is 12.4. The number of rotatable bonds is 19. The van der Waals surface area contributed by atoms with Gasteiger partial charge in [-0.2, -0.15) is 0 Å². The van der Waals surface area contributed by atoms with E-state index >= 15 is 0 Å². The minimum atomic E-state index is -1.38. The fourth-order valence-corrected chi connectivity index (χ4v) is 4.78. The summed E-state index contributed by atoms with van der Waals surface area (Å²) < 4.78 is 11.5. The normalized spacial score (nSPS) is 11.3. The van der Waals surface area contributed by atoms with E-state index in [1.165, 1.54) is 83.7 Å². The van der Waals surface area contributed by atoms with E-state index in [4.69, 9.17) is 8.85 Å². The lowest BCUT2D eigenvalue weighted by Gasteiger charge is -2.19. The van der Waals surface area contributed by atoms with Crippen LogP contribution in [0.15, 0.2) is 0 Å². The minimum Gasteiger partial charge on any atom is -0.397 e. The highest BCUT2D eigenvalue weighted by Gasteiger charge is 2.11. The second kappa shape index (κ2) is 22.4. The molecule has 0 bridgehead atoms. The van der Waals surface area contributed by atoms with Crippen LogP contribution in [0.1, 0.15) is 91.4 Å². The van der Waals surface area contributed by atoms with Crippen molar-refractivity contribution in [3.05, 3.63) is 0 Å². The summed E-state index contributed by atoms with van der Waals surface area (Å²) in [6, 6.07) is 1.14. The average Bonchev–Trinajstić information content (AvgIpc) is 2.57. The smallest absolute Gasteiger partial charge is 0.321 e. The summed E-state index contributed by atoms with van der Waals surface area (Å²) in [5, 5.41) is 0. The van der Waals surface area contributed by atoms with E-state index in [2.05, 4.69) is 32.7 Å². The zero-order valence-electron chi connectivity index (χ0n) is 17.6. The minimum absolute atomic E-state index is 0. The molecule has 154 valence electrons. The van der Waals surface area contributed by atoms with Crippen LogP contribution in [0.4, 0.5) is 0 Å². The molecule has 0 aromatic heterocycles. The summed E-state index contributed by atoms with van der Waals surface area (Å²) in [5.41, 5.74) is 0. The van der Waals surface area contributed by atoms with Gasteiger partial charge in [0.15, 0.2) is 0 Å². The largest absolute Gasteiger partial charge is 0.397 e. The van der Waals surface area contributed by atoms with Crippen LogP contribution in [0.3, 0.4) is 0 Å². The highest BCUT2D eigenvalue weighted by Crippen LogP contribution is 2.11. The number of hydrogen-bond donors (Lipinski definition) is 0. The highest BCUT2D eigenvalue weighted by molar-refractivity contribution is 6.44. The van der Waals surface area contributed by atoms with Gasteiger partial charge in [0.05, 0.1) is 0 Å². The number of nitrogens with zero attached hydrogens (tertiary/aromatic N) is 1. The summed E-state index contributed by atoms with van der Waals surface area (Å²) in [5.74, 6) is 0. The van der Waals surface area contributed by atoms with E-state index in [1.807, 2.05) is 0 Å². The second-order valence-corrected chi connectivity index (χ2v) is 9.07. The van der Waals surface area contributed by atoms with Crippen LogP contribution >= 0.6 is 12.4 Å². The fourth-order valence-electron chi connectivity index (χ4n) is 3.10. The van der Waals surface area contributed by atoms with Crippen molar-refractivity contribution in [1.82, 2.24) is 4.90 Å². The quantitative estimate of drug-likeness (QED) is 0.199. The van der Waals surface area contributed by atoms with E-state index in [9.17, 15) is 0 Å². The molecule has 0 spiro atoms. The summed E-state index contributed by atoms with van der Waals surface area (Å²) in [7, 11) is 0.879. The van der Waals surface area contributed by atoms with E-state index in [0.717, 1.165) is 19.3 Å². The van der Waals surface area contributed by atoms with Crippen LogP contribution in [-0.4, -0.2) is 47.5 Å². The molecule has 3 nitrogen and oxygen atoms in total. The van der Waals surface area contributed by atoms with Crippen LogP contribution in [0.25, 0.3) is 0 Å². The maximum atomic E-state index is 5.73. The molecular weight excluding hydrogens is 350 g/mol. The van der Waals surface area contributed by atoms with E-state index in [-0.39, 0.29) is 12.4 Å². The third-order valence-corrected chi connectivity index (χ3v) is 6.87. The molecule has 0 unspecified atom stereocenters. The standard InChI is InChI=1S/C20H45NO2Si.ClH/c1-5-8-9-10-11-12-13-14-15-16-18-21(4)19-17-20-24(22-6-2)23-7-3;/h24H,5-20H2,1-4H3;1H. The lowest BCUT2D eigenvalue weighted by Crippen LogP contribution is -2.26. The summed E-state index contributed by atoms with van der Waals surface area (Å²) in [6.07, 6.45) is 15.4. The van der Waals surface area contributed by atoms with Crippen LogP contribution < -0.4 is 0 Å². The average molecular weight is 396 g/mol. The van der Waals surface area contributed by atoms with Crippen molar-refractivity contribution < 1.29 is 8.85 Å². The first kappa shape index (κ1) is 27.6. The molecule has 0 aliphatic rings. The van der Waals surface area contributed by atoms with Gasteiger partial charge in [-0.1, -0.05) is 64.7 Å². The lowest BCUT2D eigenvalue weighted by atomic mass is 10.1. The van der Waals surface area contributed by atoms with Gasteiger partial charge < -0.3 is 13.8 Å². The van der Waals surface area contributed by atoms with Gasteiger partial charge in [0.25, 0.3) is 0 Å². The summed E-state index contributed by atoms with van der Waals surface area (Å²) in [6.45, 7) is 10.4. The van der Waals surface area contributed by atoms with Gasteiger partial charge in [0.2, 0.25) is 0 Å². The Morgan fingerprint density at radius 3 is 1.56 bits per heavy atom. The Bertz CT molecular complexity index is 242. The predicted octanol–water partition coefficient (Wildman–Crippen LogP) is 5.94. The Balaban J connectivity index is 0. The molecule has 0 fully saturated rings. The van der Waals surface area contributed by atoms with Gasteiger partial charge in [-0.15, -0.1) is 12.4 Å². The molecule has 0 saturated carbocycles. The maximum absolute atomic E-state index is 5.73. The third kappa shape index (κ3) is 20.6. The molecule has 5 heteroatoms. The molecular formula is C20H46ClNO2Si. The SMILES string of the molecule is CCCCCCCCCCCCN(C)CCC[SiH](OCC)OCC.Cl. The van der Waals surface area contributed by atoms with Crippen molar-refractivity contribution in [2.45, 2.75) is 97.4 Å². The van der Waals surface area contributed by atoms with Gasteiger partial charge in [-0.3, -0.25) is 0 Å². The zero-order valence-corrected chi connectivity index (χ0v) is 19.5. The first-order chi connectivity index (χ1) is 11.7. The van der Waals surface area contributed by atoms with Gasteiger partial charge >= 0.3 is 9.28 Å². The topological polar surface area (TPSA) is 21.7 Å². The molecule has 0 atom stereocenters. The van der Waals surface area contributed by atoms with Gasteiger partial charge in [-0.25, -0.2) is 0 Å². The zero-order chi connectivity index (χ0) is 17.9. The molecule has 0 aliphatic carbocycles. The van der Waals surface area contributed by atoms with Crippen molar-refractivity contribution in [3.63, 3.8) is 0 Å². The molecule has 25 heavy (non-hydrogen) atoms. The van der Waals surface area contributed by atoms with Crippen molar-refractivity contribution in [3.8, 4) is 0 Å². The van der Waals surface area contributed by atoms with E-state index < -0.39 is 9.28 Å². The van der Waals surface area contributed by atoms with Crippen molar-refractivity contribution in [1.29, 1.82) is 0 Å². The maximum Gasteiger partial charge on any atom is 0.321 e. The Morgan fingerprint density at radius 1 is 0.640 bits per heavy atom. The van der Waals surface area contributed by atoms with Crippen LogP contribution in [-0.2, 0) is 8.85 Å². The van der Waals surface area contributed by atoms with E-state index in [1.54, 1.807) is 0 Å². The Hall–Kier alpha value is 0.387. The van der Waals surface area contributed by atoms with E-state index in [0.29, 0.717) is 0 Å². The Kier molecular flexibility index (Phi) is 24.8. The van der Waals surface area contributed by atoms with Crippen LogP contribution in [0.2, 0.25) is 6.04 Å². The summed E-state index contributed by atoms with van der Waals surface area (Å²) >= 11 is 0. The third-order valence-electron chi connectivity index (χ3n) is 4.58. The van der Waals surface area contributed by atoms with Gasteiger partial charge in [0, 0.05) is 13.2 Å². The second-order valence-electron chi connectivity index (χ2n) is 6.97. The monoisotopic (exact) mass is 395 g/mol. The molecule has 0 saturated heterocycles. The molecule has 0 aromatic rings. The van der Waals surface area contributed by atoms with Crippen LogP contribution in [0.5, 0.6) is 0 Å². The summed E-state index contributed by atoms with van der Waals surface area (Å²) in [4.78, 5) is 2.48. The molecule has 0 aromatic carbocycles. The first-order valence-electron chi connectivity index (χ1n) is 10.7. The Morgan fingerprint density at radius 2 is 1.08 bits per heavy atom. The number of halogens is 1. The lowest BCUT2D eigenvalue weighted by molar-refractivity contribution is 0.210. The van der Waals surface area contributed by atoms with Crippen molar-refractivity contribution in [2.75, 3.05) is 33.4 Å². The molecule has 0 radical (unpaired) electrons. The molecule has 0 amide bonds. The number of unbranched alkanes of at least 4 members (excludes halogenated alkanes) is 9. The van der Waals surface area contributed by atoms with Crippen LogP contribution in [0, 0.1) is 0 Å². The molecule has 0 rings (SSSR count). The fraction of sp³-hybridized carbons (Fsp3) is 1.00. The van der Waals surface area contributed by atoms with Crippen molar-refractivity contribution in [2.24, 2.45) is 0 Å². The molecule has 0 N–H and O–H groups in total. The van der Waals surface area contributed by atoms with Crippen molar-refractivity contribution >= 4 is 21.7 Å². The molecule has 0 heterocycles.